The van der Waals surface area contributed by atoms with Gasteiger partial charge in [0.2, 0.25) is 0 Å². The summed E-state index contributed by atoms with van der Waals surface area (Å²) in [6, 6.07) is 10.2. The highest BCUT2D eigenvalue weighted by Crippen LogP contribution is 2.27. The summed E-state index contributed by atoms with van der Waals surface area (Å²) < 4.78 is 1.11. The molecule has 0 aliphatic carbocycles. The third-order valence-corrected chi connectivity index (χ3v) is 4.44. The van der Waals surface area contributed by atoms with Gasteiger partial charge in [0, 0.05) is 21.8 Å². The molecule has 4 heteroatoms. The molecule has 0 aliphatic rings. The average molecular weight is 321 g/mol. The summed E-state index contributed by atoms with van der Waals surface area (Å²) in [6.45, 7) is 2.85. The minimum absolute atomic E-state index is 0.730. The molecule has 18 heavy (non-hydrogen) atoms. The largest absolute Gasteiger partial charge is 0.368 e. The molecule has 0 unspecified atom stereocenters. The summed E-state index contributed by atoms with van der Waals surface area (Å²) in [7, 11) is 2.02. The van der Waals surface area contributed by atoms with Crippen LogP contribution in [0.5, 0.6) is 0 Å². The van der Waals surface area contributed by atoms with Crippen LogP contribution in [0.4, 0.5) is 5.69 Å². The maximum atomic E-state index is 9.18. The smallest absolute Gasteiger partial charge is 0.101 e. The summed E-state index contributed by atoms with van der Waals surface area (Å²) in [4.78, 5) is 3.41. The monoisotopic (exact) mass is 320 g/mol. The van der Waals surface area contributed by atoms with Crippen molar-refractivity contribution in [1.29, 1.82) is 5.26 Å². The lowest BCUT2D eigenvalue weighted by Crippen LogP contribution is -2.18. The zero-order valence-electron chi connectivity index (χ0n) is 10.3. The van der Waals surface area contributed by atoms with Gasteiger partial charge in [0.25, 0.3) is 0 Å². The lowest BCUT2D eigenvalue weighted by Gasteiger charge is -2.21. The van der Waals surface area contributed by atoms with E-state index in [1.54, 1.807) is 11.3 Å². The molecule has 0 saturated heterocycles. The van der Waals surface area contributed by atoms with E-state index >= 15 is 0 Å². The Bertz CT molecular complexity index is 598. The number of rotatable bonds is 3. The van der Waals surface area contributed by atoms with Crippen molar-refractivity contribution in [3.63, 3.8) is 0 Å². The third-order valence-electron chi connectivity index (χ3n) is 2.75. The molecule has 0 saturated carbocycles. The van der Waals surface area contributed by atoms with Gasteiger partial charge in [-0.2, -0.15) is 5.26 Å². The Balaban J connectivity index is 2.29. The van der Waals surface area contributed by atoms with Gasteiger partial charge < -0.3 is 4.90 Å². The van der Waals surface area contributed by atoms with Crippen molar-refractivity contribution < 1.29 is 0 Å². The van der Waals surface area contributed by atoms with Gasteiger partial charge in [-0.15, -0.1) is 11.3 Å². The SMILES string of the molecule is Cc1cccc(C#N)c1N(C)Cc1cc(Br)cs1. The van der Waals surface area contributed by atoms with E-state index < -0.39 is 0 Å². The highest BCUT2D eigenvalue weighted by molar-refractivity contribution is 9.10. The Morgan fingerprint density at radius 2 is 2.22 bits per heavy atom. The third kappa shape index (κ3) is 2.74. The molecule has 1 aromatic carbocycles. The van der Waals surface area contributed by atoms with E-state index in [1.807, 2.05) is 32.2 Å². The molecule has 2 aromatic rings. The number of nitrogens with zero attached hydrogens (tertiary/aromatic N) is 2. The molecule has 0 fully saturated rings. The first kappa shape index (κ1) is 13.1. The number of thiophene rings is 1. The van der Waals surface area contributed by atoms with Crippen molar-refractivity contribution in [3.05, 3.63) is 50.1 Å². The van der Waals surface area contributed by atoms with E-state index in [-0.39, 0.29) is 0 Å². The maximum Gasteiger partial charge on any atom is 0.101 e. The van der Waals surface area contributed by atoms with Gasteiger partial charge in [-0.1, -0.05) is 12.1 Å². The van der Waals surface area contributed by atoms with Crippen LogP contribution < -0.4 is 4.90 Å². The molecule has 0 aliphatic heterocycles. The lowest BCUT2D eigenvalue weighted by molar-refractivity contribution is 0.931. The number of nitriles is 1. The Hall–Kier alpha value is -1.31. The number of halogens is 1. The van der Waals surface area contributed by atoms with Gasteiger partial charge in [0.1, 0.15) is 6.07 Å². The molecular weight excluding hydrogens is 308 g/mol. The van der Waals surface area contributed by atoms with Gasteiger partial charge in [0.15, 0.2) is 0 Å². The molecule has 2 nitrogen and oxygen atoms in total. The minimum atomic E-state index is 0.730. The number of benzene rings is 1. The molecule has 2 rings (SSSR count). The summed E-state index contributed by atoms with van der Waals surface area (Å²) in [5.41, 5.74) is 2.88. The summed E-state index contributed by atoms with van der Waals surface area (Å²) in [6.07, 6.45) is 0. The number of aryl methyl sites for hydroxylation is 1. The van der Waals surface area contributed by atoms with Crippen LogP contribution in [0.3, 0.4) is 0 Å². The first-order chi connectivity index (χ1) is 8.61. The van der Waals surface area contributed by atoms with E-state index in [9.17, 15) is 5.26 Å². The van der Waals surface area contributed by atoms with Gasteiger partial charge in [-0.25, -0.2) is 0 Å². The Morgan fingerprint density at radius 3 is 2.83 bits per heavy atom. The standard InChI is InChI=1S/C14H13BrN2S/c1-10-4-3-5-11(7-16)14(10)17(2)8-13-6-12(15)9-18-13/h3-6,9H,8H2,1-2H3. The zero-order valence-corrected chi connectivity index (χ0v) is 12.7. The second kappa shape index (κ2) is 5.55. The van der Waals surface area contributed by atoms with Gasteiger partial charge in [-0.3, -0.25) is 0 Å². The highest BCUT2D eigenvalue weighted by Gasteiger charge is 2.11. The fourth-order valence-electron chi connectivity index (χ4n) is 2.01. The second-order valence-corrected chi connectivity index (χ2v) is 6.08. The number of hydrogen-bond acceptors (Lipinski definition) is 3. The minimum Gasteiger partial charge on any atom is -0.368 e. The predicted molar refractivity (Wildman–Crippen MR) is 80.0 cm³/mol. The zero-order chi connectivity index (χ0) is 13.1. The van der Waals surface area contributed by atoms with Crippen LogP contribution in [-0.2, 0) is 6.54 Å². The molecular formula is C14H13BrN2S. The summed E-state index contributed by atoms with van der Waals surface area (Å²) in [5, 5.41) is 11.3. The summed E-state index contributed by atoms with van der Waals surface area (Å²) in [5.74, 6) is 0. The molecule has 1 aromatic heterocycles. The number of hydrogen-bond donors (Lipinski definition) is 0. The molecule has 92 valence electrons. The predicted octanol–water partition coefficient (Wildman–Crippen LogP) is 4.33. The lowest BCUT2D eigenvalue weighted by atomic mass is 10.1. The first-order valence-corrected chi connectivity index (χ1v) is 7.23. The second-order valence-electron chi connectivity index (χ2n) is 4.17. The fraction of sp³-hybridized carbons (Fsp3) is 0.214. The summed E-state index contributed by atoms with van der Waals surface area (Å²) >= 11 is 5.18. The number of anilines is 1. The van der Waals surface area contributed by atoms with Gasteiger partial charge in [-0.05, 0) is 40.5 Å². The maximum absolute atomic E-state index is 9.18. The number of para-hydroxylation sites is 1. The van der Waals surface area contributed by atoms with Crippen LogP contribution in [-0.4, -0.2) is 7.05 Å². The van der Waals surface area contributed by atoms with Crippen molar-refractivity contribution in [2.75, 3.05) is 11.9 Å². The molecule has 0 radical (unpaired) electrons. The van der Waals surface area contributed by atoms with Crippen molar-refractivity contribution in [2.24, 2.45) is 0 Å². The topological polar surface area (TPSA) is 27.0 Å². The molecule has 0 spiro atoms. The molecule has 0 N–H and O–H groups in total. The highest BCUT2D eigenvalue weighted by atomic mass is 79.9. The van der Waals surface area contributed by atoms with Crippen LogP contribution >= 0.6 is 27.3 Å². The van der Waals surface area contributed by atoms with Crippen LogP contribution in [0.2, 0.25) is 0 Å². The van der Waals surface area contributed by atoms with Gasteiger partial charge in [0.05, 0.1) is 17.8 Å². The van der Waals surface area contributed by atoms with Crippen LogP contribution in [0.1, 0.15) is 16.0 Å². The van der Waals surface area contributed by atoms with Crippen molar-refractivity contribution in [3.8, 4) is 6.07 Å². The van der Waals surface area contributed by atoms with Crippen molar-refractivity contribution in [2.45, 2.75) is 13.5 Å². The van der Waals surface area contributed by atoms with Crippen LogP contribution in [0.15, 0.2) is 34.1 Å². The van der Waals surface area contributed by atoms with E-state index in [0.717, 1.165) is 27.8 Å². The normalized spacial score (nSPS) is 10.1. The van der Waals surface area contributed by atoms with E-state index in [2.05, 4.69) is 38.3 Å². The molecule has 1 heterocycles. The van der Waals surface area contributed by atoms with Crippen LogP contribution in [0.25, 0.3) is 0 Å². The molecule has 0 atom stereocenters. The first-order valence-electron chi connectivity index (χ1n) is 5.55. The fourth-order valence-corrected chi connectivity index (χ4v) is 3.51. The van der Waals surface area contributed by atoms with E-state index in [1.165, 1.54) is 4.88 Å². The van der Waals surface area contributed by atoms with E-state index in [4.69, 9.17) is 0 Å². The van der Waals surface area contributed by atoms with Crippen LogP contribution in [0, 0.1) is 18.3 Å². The van der Waals surface area contributed by atoms with Crippen molar-refractivity contribution in [1.82, 2.24) is 0 Å². The Kier molecular flexibility index (Phi) is 4.05. The molecule has 0 bridgehead atoms. The molecule has 0 amide bonds. The van der Waals surface area contributed by atoms with Crippen molar-refractivity contribution >= 4 is 33.0 Å². The Morgan fingerprint density at radius 1 is 1.44 bits per heavy atom. The average Bonchev–Trinajstić information content (AvgIpc) is 2.74. The van der Waals surface area contributed by atoms with Gasteiger partial charge >= 0.3 is 0 Å². The van der Waals surface area contributed by atoms with E-state index in [0.29, 0.717) is 0 Å². The quantitative estimate of drug-likeness (QED) is 0.841. The Labute approximate surface area is 120 Å².